The van der Waals surface area contributed by atoms with Gasteiger partial charge in [0.1, 0.15) is 6.54 Å². The highest BCUT2D eigenvalue weighted by molar-refractivity contribution is 5.81. The fourth-order valence-corrected chi connectivity index (χ4v) is 2.65. The van der Waals surface area contributed by atoms with E-state index in [9.17, 15) is 14.7 Å². The molecule has 3 N–H and O–H groups in total. The molecule has 1 aliphatic heterocycles. The van der Waals surface area contributed by atoms with Gasteiger partial charge in [0, 0.05) is 30.9 Å². The van der Waals surface area contributed by atoms with Crippen molar-refractivity contribution in [3.8, 4) is 0 Å². The molecule has 7 nitrogen and oxygen atoms in total. The van der Waals surface area contributed by atoms with Crippen LogP contribution in [0.2, 0.25) is 0 Å². The number of aliphatic hydroxyl groups is 1. The lowest BCUT2D eigenvalue weighted by molar-refractivity contribution is -0.122. The van der Waals surface area contributed by atoms with Crippen LogP contribution >= 0.6 is 0 Å². The summed E-state index contributed by atoms with van der Waals surface area (Å²) in [5, 5.41) is 20.1. The number of β-amino-alcohol motifs (C(OH)–C–C–N with tert-alkyl or cyclic N) is 1. The van der Waals surface area contributed by atoms with Crippen LogP contribution in [-0.2, 0) is 11.3 Å². The van der Waals surface area contributed by atoms with Crippen LogP contribution in [0.1, 0.15) is 0 Å². The first-order valence-electron chi connectivity index (χ1n) is 7.25. The van der Waals surface area contributed by atoms with E-state index in [0.717, 1.165) is 0 Å². The zero-order valence-corrected chi connectivity index (χ0v) is 12.0. The molecule has 0 spiro atoms. The van der Waals surface area contributed by atoms with Crippen LogP contribution in [0.4, 0.5) is 0 Å². The maximum atomic E-state index is 12.1. The Morgan fingerprint density at radius 3 is 3.00 bits per heavy atom. The number of fused-ring (bicyclic) bond motifs is 1. The predicted octanol–water partition coefficient (Wildman–Crippen LogP) is -0.907. The van der Waals surface area contributed by atoms with Crippen molar-refractivity contribution < 1.29 is 9.90 Å². The molecule has 1 amide bonds. The van der Waals surface area contributed by atoms with Gasteiger partial charge in [-0.2, -0.15) is 5.10 Å². The Morgan fingerprint density at radius 2 is 2.23 bits per heavy atom. The van der Waals surface area contributed by atoms with E-state index in [1.807, 2.05) is 0 Å². The third-order valence-electron chi connectivity index (χ3n) is 3.92. The van der Waals surface area contributed by atoms with Gasteiger partial charge >= 0.3 is 0 Å². The number of benzene rings is 1. The average Bonchev–Trinajstić information content (AvgIpc) is 2.94. The van der Waals surface area contributed by atoms with Crippen molar-refractivity contribution in [2.45, 2.75) is 12.6 Å². The van der Waals surface area contributed by atoms with Crippen LogP contribution in [0, 0.1) is 5.92 Å². The molecule has 2 aromatic rings. The Bertz CT molecular complexity index is 743. The Hall–Kier alpha value is -2.25. The zero-order chi connectivity index (χ0) is 15.5. The number of nitrogens with zero attached hydrogens (tertiary/aromatic N) is 2. The first kappa shape index (κ1) is 14.7. The van der Waals surface area contributed by atoms with Crippen LogP contribution in [0.15, 0.2) is 35.3 Å². The number of hydrogen-bond donors (Lipinski definition) is 3. The number of carbonyl (C=O) groups is 1. The lowest BCUT2D eigenvalue weighted by Gasteiger charge is -2.15. The second kappa shape index (κ2) is 6.25. The number of aromatic nitrogens is 2. The molecule has 2 atom stereocenters. The van der Waals surface area contributed by atoms with E-state index in [1.54, 1.807) is 24.3 Å². The summed E-state index contributed by atoms with van der Waals surface area (Å²) in [6.07, 6.45) is 0.798. The molecule has 7 heteroatoms. The molecule has 0 bridgehead atoms. The van der Waals surface area contributed by atoms with Crippen LogP contribution in [0.5, 0.6) is 0 Å². The fourth-order valence-electron chi connectivity index (χ4n) is 2.65. The lowest BCUT2D eigenvalue weighted by Crippen LogP contribution is -2.36. The molecular weight excluding hydrogens is 284 g/mol. The van der Waals surface area contributed by atoms with Crippen LogP contribution in [0.25, 0.3) is 10.9 Å². The predicted molar refractivity (Wildman–Crippen MR) is 81.4 cm³/mol. The molecule has 22 heavy (non-hydrogen) atoms. The van der Waals surface area contributed by atoms with E-state index in [0.29, 0.717) is 30.5 Å². The average molecular weight is 302 g/mol. The normalized spacial score (nSPS) is 21.1. The van der Waals surface area contributed by atoms with Crippen LogP contribution in [-0.4, -0.2) is 46.5 Å². The number of hydrogen-bond acceptors (Lipinski definition) is 5. The quantitative estimate of drug-likeness (QED) is 0.680. The molecule has 1 fully saturated rings. The Morgan fingerprint density at radius 1 is 1.41 bits per heavy atom. The Kier molecular flexibility index (Phi) is 4.17. The molecule has 1 aromatic carbocycles. The molecule has 116 valence electrons. The van der Waals surface area contributed by atoms with Gasteiger partial charge in [-0.3, -0.25) is 14.3 Å². The molecule has 1 saturated heterocycles. The minimum Gasteiger partial charge on any atom is -0.391 e. The summed E-state index contributed by atoms with van der Waals surface area (Å²) >= 11 is 0. The number of rotatable bonds is 4. The number of nitrogens with one attached hydrogen (secondary N) is 2. The third kappa shape index (κ3) is 3.00. The van der Waals surface area contributed by atoms with Gasteiger partial charge in [-0.15, -0.1) is 0 Å². The van der Waals surface area contributed by atoms with Gasteiger partial charge in [0.15, 0.2) is 0 Å². The molecule has 2 heterocycles. The molecule has 2 unspecified atom stereocenters. The topological polar surface area (TPSA) is 96.2 Å². The molecule has 1 aromatic heterocycles. The van der Waals surface area contributed by atoms with Crippen LogP contribution < -0.4 is 16.1 Å². The number of carbonyl (C=O) groups excluding carboxylic acids is 1. The molecule has 0 saturated carbocycles. The second-order valence-electron chi connectivity index (χ2n) is 5.47. The maximum Gasteiger partial charge on any atom is 0.241 e. The van der Waals surface area contributed by atoms with Gasteiger partial charge in [-0.25, -0.2) is 0 Å². The molecular formula is C15H18N4O3. The Labute approximate surface area is 126 Å². The van der Waals surface area contributed by atoms with E-state index in [-0.39, 0.29) is 23.8 Å². The smallest absolute Gasteiger partial charge is 0.241 e. The van der Waals surface area contributed by atoms with Crippen molar-refractivity contribution in [1.29, 1.82) is 0 Å². The monoisotopic (exact) mass is 302 g/mol. The summed E-state index contributed by atoms with van der Waals surface area (Å²) in [5.74, 6) is -0.164. The van der Waals surface area contributed by atoms with E-state index < -0.39 is 6.10 Å². The zero-order valence-electron chi connectivity index (χ0n) is 12.0. The van der Waals surface area contributed by atoms with Crippen molar-refractivity contribution in [3.05, 3.63) is 40.7 Å². The van der Waals surface area contributed by atoms with Gasteiger partial charge in [-0.1, -0.05) is 12.1 Å². The summed E-state index contributed by atoms with van der Waals surface area (Å²) in [7, 11) is 0. The minimum atomic E-state index is -0.424. The summed E-state index contributed by atoms with van der Waals surface area (Å²) in [6, 6.07) is 7.07. The molecule has 3 rings (SSSR count). The lowest BCUT2D eigenvalue weighted by atomic mass is 10.1. The third-order valence-corrected chi connectivity index (χ3v) is 3.92. The second-order valence-corrected chi connectivity index (χ2v) is 5.47. The molecule has 1 aliphatic rings. The van der Waals surface area contributed by atoms with Crippen molar-refractivity contribution in [3.63, 3.8) is 0 Å². The van der Waals surface area contributed by atoms with Crippen molar-refractivity contribution >= 4 is 16.8 Å². The summed E-state index contributed by atoms with van der Waals surface area (Å²) in [5.41, 5.74) is 0.472. The highest BCUT2D eigenvalue weighted by Gasteiger charge is 2.25. The van der Waals surface area contributed by atoms with Gasteiger partial charge in [0.05, 0.1) is 17.8 Å². The molecule has 0 aliphatic carbocycles. The van der Waals surface area contributed by atoms with Crippen molar-refractivity contribution in [2.75, 3.05) is 19.6 Å². The van der Waals surface area contributed by atoms with Crippen molar-refractivity contribution in [1.82, 2.24) is 20.4 Å². The largest absolute Gasteiger partial charge is 0.391 e. The van der Waals surface area contributed by atoms with Gasteiger partial charge in [-0.05, 0) is 12.1 Å². The summed E-state index contributed by atoms with van der Waals surface area (Å²) in [6.45, 7) is 1.72. The van der Waals surface area contributed by atoms with Crippen molar-refractivity contribution in [2.24, 2.45) is 5.92 Å². The van der Waals surface area contributed by atoms with E-state index in [1.165, 1.54) is 10.9 Å². The fraction of sp³-hybridized carbons (Fsp3) is 0.400. The van der Waals surface area contributed by atoms with E-state index >= 15 is 0 Å². The van der Waals surface area contributed by atoms with Gasteiger partial charge in [0.25, 0.3) is 0 Å². The minimum absolute atomic E-state index is 0.0303. The summed E-state index contributed by atoms with van der Waals surface area (Å²) in [4.78, 5) is 23.8. The Balaban J connectivity index is 1.69. The van der Waals surface area contributed by atoms with Crippen LogP contribution in [0.3, 0.4) is 0 Å². The van der Waals surface area contributed by atoms with Gasteiger partial charge < -0.3 is 15.7 Å². The van der Waals surface area contributed by atoms with Gasteiger partial charge in [0.2, 0.25) is 11.3 Å². The number of amides is 1. The standard InChI is InChI=1S/C15H18N4O3/c20-13-7-16-5-10(13)6-17-15(22)9-19-12-4-2-1-3-11(12)14(21)8-18-19/h1-4,8,10,13,16,20H,5-7,9H2,(H,17,22). The first-order chi connectivity index (χ1) is 10.6. The highest BCUT2D eigenvalue weighted by Crippen LogP contribution is 2.08. The highest BCUT2D eigenvalue weighted by atomic mass is 16.3. The number of para-hydroxylation sites is 1. The maximum absolute atomic E-state index is 12.1. The number of aliphatic hydroxyl groups excluding tert-OH is 1. The molecule has 0 radical (unpaired) electrons. The van der Waals surface area contributed by atoms with E-state index in [4.69, 9.17) is 0 Å². The first-order valence-corrected chi connectivity index (χ1v) is 7.25. The summed E-state index contributed by atoms with van der Waals surface area (Å²) < 4.78 is 1.51. The SMILES string of the molecule is O=C(Cn1ncc(=O)c2ccccc21)NCC1CNCC1O. The van der Waals surface area contributed by atoms with E-state index in [2.05, 4.69) is 15.7 Å².